The van der Waals surface area contributed by atoms with Gasteiger partial charge in [-0.1, -0.05) is 6.07 Å². The number of morpholine rings is 1. The van der Waals surface area contributed by atoms with Crippen LogP contribution in [-0.2, 0) is 11.2 Å². The number of fused-ring (bicyclic) bond motifs is 1. The Labute approximate surface area is 120 Å². The van der Waals surface area contributed by atoms with E-state index in [-0.39, 0.29) is 0 Å². The Morgan fingerprint density at radius 3 is 3.00 bits per heavy atom. The number of rotatable bonds is 4. The van der Waals surface area contributed by atoms with Crippen molar-refractivity contribution < 1.29 is 9.84 Å². The predicted octanol–water partition coefficient (Wildman–Crippen LogP) is 1.69. The first kappa shape index (κ1) is 13.9. The Hall–Kier alpha value is -1.10. The predicted molar refractivity (Wildman–Crippen MR) is 79.0 cm³/mol. The lowest BCUT2D eigenvalue weighted by molar-refractivity contribution is 0.0338. The number of phenolic OH excluding ortho intramolecular Hbond substituents is 1. The lowest BCUT2D eigenvalue weighted by atomic mass is 10.1. The Kier molecular flexibility index (Phi) is 4.24. The third kappa shape index (κ3) is 3.14. The molecule has 0 bridgehead atoms. The zero-order valence-corrected chi connectivity index (χ0v) is 12.1. The Bertz CT molecular complexity index is 458. The number of hydrogen-bond donors (Lipinski definition) is 2. The van der Waals surface area contributed by atoms with Crippen molar-refractivity contribution in [1.82, 2.24) is 10.2 Å². The molecule has 1 aromatic rings. The molecule has 0 amide bonds. The van der Waals surface area contributed by atoms with Gasteiger partial charge in [0.25, 0.3) is 0 Å². The van der Waals surface area contributed by atoms with Crippen molar-refractivity contribution in [1.29, 1.82) is 0 Å². The van der Waals surface area contributed by atoms with E-state index in [2.05, 4.69) is 23.2 Å². The van der Waals surface area contributed by atoms with Gasteiger partial charge in [-0.3, -0.25) is 4.90 Å². The monoisotopic (exact) mass is 276 g/mol. The molecule has 2 unspecified atom stereocenters. The molecule has 4 heteroatoms. The lowest BCUT2D eigenvalue weighted by Gasteiger charge is -2.30. The van der Waals surface area contributed by atoms with Crippen LogP contribution in [0.15, 0.2) is 18.2 Å². The number of benzene rings is 1. The zero-order chi connectivity index (χ0) is 13.9. The van der Waals surface area contributed by atoms with Gasteiger partial charge in [0.2, 0.25) is 0 Å². The number of ether oxygens (including phenoxy) is 1. The molecule has 1 aliphatic heterocycles. The molecule has 3 rings (SSSR count). The molecule has 1 fully saturated rings. The Morgan fingerprint density at radius 2 is 2.20 bits per heavy atom. The summed E-state index contributed by atoms with van der Waals surface area (Å²) in [5.74, 6) is 0.380. The van der Waals surface area contributed by atoms with Gasteiger partial charge in [-0.2, -0.15) is 0 Å². The normalized spacial score (nSPS) is 24.6. The van der Waals surface area contributed by atoms with Gasteiger partial charge < -0.3 is 15.2 Å². The summed E-state index contributed by atoms with van der Waals surface area (Å²) in [4.78, 5) is 2.47. The van der Waals surface area contributed by atoms with E-state index in [0.29, 0.717) is 17.8 Å². The maximum atomic E-state index is 9.54. The minimum atomic E-state index is 0.380. The van der Waals surface area contributed by atoms with E-state index in [1.54, 1.807) is 6.07 Å². The molecular weight excluding hydrogens is 252 g/mol. The number of nitrogens with zero attached hydrogens (tertiary/aromatic N) is 1. The molecular formula is C16H24N2O2. The van der Waals surface area contributed by atoms with Crippen molar-refractivity contribution in [3.8, 4) is 5.75 Å². The van der Waals surface area contributed by atoms with E-state index < -0.39 is 0 Å². The Balaban J connectivity index is 1.56. The second-order valence-corrected chi connectivity index (χ2v) is 5.96. The average Bonchev–Trinajstić information content (AvgIpc) is 2.82. The quantitative estimate of drug-likeness (QED) is 0.878. The molecule has 1 saturated heterocycles. The van der Waals surface area contributed by atoms with Crippen LogP contribution in [0.3, 0.4) is 0 Å². The molecule has 4 nitrogen and oxygen atoms in total. The number of nitrogens with one attached hydrogen (secondary N) is 1. The highest BCUT2D eigenvalue weighted by Crippen LogP contribution is 2.33. The molecule has 1 aliphatic carbocycles. The van der Waals surface area contributed by atoms with Gasteiger partial charge in [0.1, 0.15) is 5.75 Å². The van der Waals surface area contributed by atoms with Gasteiger partial charge in [0, 0.05) is 31.7 Å². The fourth-order valence-electron chi connectivity index (χ4n) is 3.34. The Morgan fingerprint density at radius 1 is 1.40 bits per heavy atom. The number of aryl methyl sites for hydroxylation is 1. The topological polar surface area (TPSA) is 44.7 Å². The summed E-state index contributed by atoms with van der Waals surface area (Å²) in [5.41, 5.74) is 2.65. The van der Waals surface area contributed by atoms with Crippen LogP contribution >= 0.6 is 0 Å². The van der Waals surface area contributed by atoms with Crippen LogP contribution in [-0.4, -0.2) is 48.9 Å². The van der Waals surface area contributed by atoms with Gasteiger partial charge >= 0.3 is 0 Å². The van der Waals surface area contributed by atoms with Crippen molar-refractivity contribution >= 4 is 0 Å². The third-order valence-corrected chi connectivity index (χ3v) is 4.33. The van der Waals surface area contributed by atoms with E-state index in [0.717, 1.165) is 45.7 Å². The summed E-state index contributed by atoms with van der Waals surface area (Å²) < 4.78 is 5.39. The molecule has 0 spiro atoms. The van der Waals surface area contributed by atoms with E-state index in [9.17, 15) is 5.11 Å². The largest absolute Gasteiger partial charge is 0.508 e. The summed E-state index contributed by atoms with van der Waals surface area (Å²) >= 11 is 0. The first-order chi connectivity index (χ1) is 9.72. The second kappa shape index (κ2) is 6.12. The summed E-state index contributed by atoms with van der Waals surface area (Å²) in [7, 11) is 0. The van der Waals surface area contributed by atoms with Crippen LogP contribution in [0.4, 0.5) is 0 Å². The van der Waals surface area contributed by atoms with Crippen molar-refractivity contribution in [2.24, 2.45) is 0 Å². The fourth-order valence-corrected chi connectivity index (χ4v) is 3.34. The van der Waals surface area contributed by atoms with Crippen LogP contribution in [0.2, 0.25) is 0 Å². The molecule has 0 aromatic heterocycles. The van der Waals surface area contributed by atoms with Gasteiger partial charge in [-0.05, 0) is 43.0 Å². The second-order valence-electron chi connectivity index (χ2n) is 5.96. The molecule has 0 saturated carbocycles. The van der Waals surface area contributed by atoms with E-state index >= 15 is 0 Å². The number of aromatic hydroxyl groups is 1. The van der Waals surface area contributed by atoms with Crippen LogP contribution < -0.4 is 5.32 Å². The first-order valence-electron chi connectivity index (χ1n) is 7.60. The first-order valence-corrected chi connectivity index (χ1v) is 7.60. The van der Waals surface area contributed by atoms with Crippen LogP contribution in [0.5, 0.6) is 5.75 Å². The molecule has 0 radical (unpaired) electrons. The molecule has 1 heterocycles. The van der Waals surface area contributed by atoms with Crippen LogP contribution in [0, 0.1) is 0 Å². The highest BCUT2D eigenvalue weighted by atomic mass is 16.5. The molecule has 2 aliphatic rings. The summed E-state index contributed by atoms with van der Waals surface area (Å²) in [5, 5.41) is 13.3. The highest BCUT2D eigenvalue weighted by molar-refractivity contribution is 5.40. The summed E-state index contributed by atoms with van der Waals surface area (Å²) in [6, 6.07) is 6.67. The fraction of sp³-hybridized carbons (Fsp3) is 0.625. The maximum Gasteiger partial charge on any atom is 0.115 e. The summed E-state index contributed by atoms with van der Waals surface area (Å²) in [6.45, 7) is 7.14. The standard InChI is InChI=1S/C16H24N2O2/c1-12(11-18-6-8-20-9-7-18)17-16-5-2-13-10-14(19)3-4-15(13)16/h3-4,10,12,16-17,19H,2,5-9,11H2,1H3. The summed E-state index contributed by atoms with van der Waals surface area (Å²) in [6.07, 6.45) is 2.19. The molecule has 110 valence electrons. The van der Waals surface area contributed by atoms with Crippen LogP contribution in [0.1, 0.15) is 30.5 Å². The zero-order valence-electron chi connectivity index (χ0n) is 12.1. The van der Waals surface area contributed by atoms with Gasteiger partial charge in [0.15, 0.2) is 0 Å². The minimum Gasteiger partial charge on any atom is -0.508 e. The van der Waals surface area contributed by atoms with E-state index in [1.807, 2.05) is 6.07 Å². The molecule has 2 N–H and O–H groups in total. The smallest absolute Gasteiger partial charge is 0.115 e. The minimum absolute atomic E-state index is 0.380. The molecule has 2 atom stereocenters. The van der Waals surface area contributed by atoms with E-state index in [1.165, 1.54) is 11.1 Å². The lowest BCUT2D eigenvalue weighted by Crippen LogP contribution is -2.45. The van der Waals surface area contributed by atoms with Crippen molar-refractivity contribution in [2.75, 3.05) is 32.8 Å². The number of phenols is 1. The molecule has 20 heavy (non-hydrogen) atoms. The third-order valence-electron chi connectivity index (χ3n) is 4.33. The van der Waals surface area contributed by atoms with Gasteiger partial charge in [0.05, 0.1) is 13.2 Å². The van der Waals surface area contributed by atoms with E-state index in [4.69, 9.17) is 4.74 Å². The van der Waals surface area contributed by atoms with Gasteiger partial charge in [-0.15, -0.1) is 0 Å². The highest BCUT2D eigenvalue weighted by Gasteiger charge is 2.24. The SMILES string of the molecule is CC(CN1CCOCC1)NC1CCc2cc(O)ccc21. The van der Waals surface area contributed by atoms with Crippen molar-refractivity contribution in [3.63, 3.8) is 0 Å². The van der Waals surface area contributed by atoms with Gasteiger partial charge in [-0.25, -0.2) is 0 Å². The van der Waals surface area contributed by atoms with Crippen molar-refractivity contribution in [3.05, 3.63) is 29.3 Å². The number of hydrogen-bond acceptors (Lipinski definition) is 4. The van der Waals surface area contributed by atoms with Crippen LogP contribution in [0.25, 0.3) is 0 Å². The average molecular weight is 276 g/mol. The maximum absolute atomic E-state index is 9.54. The van der Waals surface area contributed by atoms with Crippen molar-refractivity contribution in [2.45, 2.75) is 31.8 Å². The molecule has 1 aromatic carbocycles.